The predicted octanol–water partition coefficient (Wildman–Crippen LogP) is 2.60. The van der Waals surface area contributed by atoms with Crippen molar-refractivity contribution < 1.29 is 23.5 Å². The Hall–Kier alpha value is -2.80. The van der Waals surface area contributed by atoms with Gasteiger partial charge in [-0.25, -0.2) is 4.39 Å². The van der Waals surface area contributed by atoms with Gasteiger partial charge in [-0.2, -0.15) is 0 Å². The molecule has 0 unspecified atom stereocenters. The zero-order chi connectivity index (χ0) is 17.7. The smallest absolute Gasteiger partial charge is 0.255 e. The van der Waals surface area contributed by atoms with Gasteiger partial charge in [0.05, 0.1) is 12.1 Å². The number of nitrogens with one attached hydrogen (secondary N) is 1. The summed E-state index contributed by atoms with van der Waals surface area (Å²) in [4.78, 5) is 23.1. The van der Waals surface area contributed by atoms with Crippen LogP contribution in [0, 0.1) is 5.82 Å². The number of ether oxygens (including phenoxy) is 2. The Morgan fingerprint density at radius 3 is 2.50 bits per heavy atom. The molecule has 24 heavy (non-hydrogen) atoms. The number of hydrogen-bond acceptors (Lipinski definition) is 4. The molecule has 0 aliphatic heterocycles. The molecule has 0 atom stereocenters. The van der Waals surface area contributed by atoms with E-state index in [9.17, 15) is 14.0 Å². The highest BCUT2D eigenvalue weighted by atomic mass is 35.5. The van der Waals surface area contributed by atoms with Crippen molar-refractivity contribution in [1.82, 2.24) is 0 Å². The number of methoxy groups -OCH3 is 1. The molecule has 0 bridgehead atoms. The second-order valence-electron chi connectivity index (χ2n) is 4.71. The number of hydrogen-bond donors (Lipinski definition) is 2. The molecule has 0 heterocycles. The molecule has 0 saturated heterocycles. The zero-order valence-corrected chi connectivity index (χ0v) is 13.4. The topological polar surface area (TPSA) is 90.7 Å². The van der Waals surface area contributed by atoms with Gasteiger partial charge in [-0.15, -0.1) is 0 Å². The Kier molecular flexibility index (Phi) is 5.59. The molecule has 0 spiro atoms. The van der Waals surface area contributed by atoms with Crippen molar-refractivity contribution in [2.45, 2.75) is 0 Å². The summed E-state index contributed by atoms with van der Waals surface area (Å²) in [6, 6.07) is 8.07. The van der Waals surface area contributed by atoms with E-state index in [0.717, 1.165) is 0 Å². The molecule has 0 radical (unpaired) electrons. The molecule has 0 saturated carbocycles. The summed E-state index contributed by atoms with van der Waals surface area (Å²) in [5.74, 6) is -1.27. The average Bonchev–Trinajstić information content (AvgIpc) is 2.54. The van der Waals surface area contributed by atoms with Crippen LogP contribution >= 0.6 is 11.6 Å². The summed E-state index contributed by atoms with van der Waals surface area (Å²) in [6.45, 7) is -0.378. The molecule has 0 aliphatic rings. The third kappa shape index (κ3) is 4.36. The van der Waals surface area contributed by atoms with Crippen molar-refractivity contribution >= 4 is 29.1 Å². The highest BCUT2D eigenvalue weighted by Gasteiger charge is 2.16. The predicted molar refractivity (Wildman–Crippen MR) is 87.0 cm³/mol. The van der Waals surface area contributed by atoms with Gasteiger partial charge in [0.1, 0.15) is 5.82 Å². The molecule has 3 N–H and O–H groups in total. The van der Waals surface area contributed by atoms with Gasteiger partial charge in [0, 0.05) is 11.3 Å². The summed E-state index contributed by atoms with van der Waals surface area (Å²) >= 11 is 6.08. The van der Waals surface area contributed by atoms with Crippen LogP contribution in [-0.2, 0) is 4.79 Å². The second-order valence-corrected chi connectivity index (χ2v) is 5.11. The molecular weight excluding hydrogens is 339 g/mol. The van der Waals surface area contributed by atoms with Gasteiger partial charge < -0.3 is 20.5 Å². The number of amides is 2. The van der Waals surface area contributed by atoms with Crippen LogP contribution in [-0.4, -0.2) is 25.5 Å². The fourth-order valence-corrected chi connectivity index (χ4v) is 2.14. The Bertz CT molecular complexity index is 765. The minimum absolute atomic E-state index is 0.0832. The number of benzene rings is 2. The minimum Gasteiger partial charge on any atom is -0.493 e. The lowest BCUT2D eigenvalue weighted by Gasteiger charge is -2.13. The summed E-state index contributed by atoms with van der Waals surface area (Å²) in [5, 5.41) is 2.68. The van der Waals surface area contributed by atoms with Crippen molar-refractivity contribution in [2.75, 3.05) is 19.0 Å². The molecule has 2 aromatic carbocycles. The Labute approximate surface area is 142 Å². The van der Waals surface area contributed by atoms with Gasteiger partial charge in [0.15, 0.2) is 18.1 Å². The van der Waals surface area contributed by atoms with Gasteiger partial charge in [-0.1, -0.05) is 11.6 Å². The van der Waals surface area contributed by atoms with Crippen molar-refractivity contribution in [2.24, 2.45) is 5.73 Å². The summed E-state index contributed by atoms with van der Waals surface area (Å²) < 4.78 is 23.2. The molecule has 6 nitrogen and oxygen atoms in total. The number of primary amides is 1. The van der Waals surface area contributed by atoms with E-state index in [1.54, 1.807) is 0 Å². The molecule has 2 aromatic rings. The molecule has 126 valence electrons. The molecule has 0 fully saturated rings. The minimum atomic E-state index is -0.675. The number of carbonyl (C=O) groups excluding carboxylic acids is 2. The van der Waals surface area contributed by atoms with Gasteiger partial charge >= 0.3 is 0 Å². The van der Waals surface area contributed by atoms with Crippen LogP contribution < -0.4 is 20.5 Å². The zero-order valence-electron chi connectivity index (χ0n) is 12.6. The maximum atomic E-state index is 12.9. The monoisotopic (exact) mass is 352 g/mol. The first kappa shape index (κ1) is 17.6. The summed E-state index contributed by atoms with van der Waals surface area (Å²) in [6.07, 6.45) is 0. The van der Waals surface area contributed by atoms with E-state index in [1.165, 1.54) is 43.5 Å². The van der Waals surface area contributed by atoms with Crippen LogP contribution in [0.5, 0.6) is 11.5 Å². The maximum Gasteiger partial charge on any atom is 0.255 e. The lowest BCUT2D eigenvalue weighted by molar-refractivity contribution is -0.119. The van der Waals surface area contributed by atoms with Crippen LogP contribution in [0.25, 0.3) is 0 Å². The van der Waals surface area contributed by atoms with Crippen LogP contribution in [0.4, 0.5) is 10.1 Å². The quantitative estimate of drug-likeness (QED) is 0.836. The van der Waals surface area contributed by atoms with E-state index in [2.05, 4.69) is 5.32 Å². The summed E-state index contributed by atoms with van der Waals surface area (Å²) in [5.41, 5.74) is 5.64. The number of anilines is 1. The van der Waals surface area contributed by atoms with E-state index in [-0.39, 0.29) is 28.7 Å². The van der Waals surface area contributed by atoms with Gasteiger partial charge in [-0.05, 0) is 36.4 Å². The third-order valence-electron chi connectivity index (χ3n) is 2.95. The van der Waals surface area contributed by atoms with Gasteiger partial charge in [-0.3, -0.25) is 9.59 Å². The normalized spacial score (nSPS) is 10.1. The molecule has 2 amide bonds. The van der Waals surface area contributed by atoms with Crippen LogP contribution in [0.2, 0.25) is 5.02 Å². The lowest BCUT2D eigenvalue weighted by atomic mass is 10.1. The highest BCUT2D eigenvalue weighted by Crippen LogP contribution is 2.36. The highest BCUT2D eigenvalue weighted by molar-refractivity contribution is 6.32. The number of halogens is 2. The van der Waals surface area contributed by atoms with E-state index in [0.29, 0.717) is 5.69 Å². The number of nitrogens with two attached hydrogens (primary N) is 1. The van der Waals surface area contributed by atoms with E-state index >= 15 is 0 Å². The Balaban J connectivity index is 2.23. The van der Waals surface area contributed by atoms with Gasteiger partial charge in [0.25, 0.3) is 11.8 Å². The number of rotatable bonds is 6. The first-order chi connectivity index (χ1) is 11.4. The molecular formula is C16H14ClFN2O4. The SMILES string of the molecule is COc1cc(C(=O)Nc2ccc(F)cc2)cc(Cl)c1OCC(N)=O. The molecule has 8 heteroatoms. The molecule has 0 aromatic heterocycles. The second kappa shape index (κ2) is 7.65. The Morgan fingerprint density at radius 2 is 1.92 bits per heavy atom. The first-order valence-electron chi connectivity index (χ1n) is 6.76. The van der Waals surface area contributed by atoms with Crippen molar-refractivity contribution in [3.05, 3.63) is 52.8 Å². The average molecular weight is 353 g/mol. The van der Waals surface area contributed by atoms with Crippen molar-refractivity contribution in [3.63, 3.8) is 0 Å². The van der Waals surface area contributed by atoms with Crippen LogP contribution in [0.3, 0.4) is 0 Å². The number of carbonyl (C=O) groups is 2. The molecule has 0 aliphatic carbocycles. The largest absolute Gasteiger partial charge is 0.493 e. The fraction of sp³-hybridized carbons (Fsp3) is 0.125. The Morgan fingerprint density at radius 1 is 1.25 bits per heavy atom. The fourth-order valence-electron chi connectivity index (χ4n) is 1.87. The lowest BCUT2D eigenvalue weighted by Crippen LogP contribution is -2.20. The summed E-state index contributed by atoms with van der Waals surface area (Å²) in [7, 11) is 1.37. The van der Waals surface area contributed by atoms with Crippen LogP contribution in [0.15, 0.2) is 36.4 Å². The van der Waals surface area contributed by atoms with E-state index < -0.39 is 17.6 Å². The first-order valence-corrected chi connectivity index (χ1v) is 7.14. The van der Waals surface area contributed by atoms with Crippen molar-refractivity contribution in [3.8, 4) is 11.5 Å². The van der Waals surface area contributed by atoms with Gasteiger partial charge in [0.2, 0.25) is 0 Å². The van der Waals surface area contributed by atoms with E-state index in [4.69, 9.17) is 26.8 Å². The molecule has 2 rings (SSSR count). The maximum absolute atomic E-state index is 12.9. The van der Waals surface area contributed by atoms with E-state index in [1.807, 2.05) is 0 Å². The standard InChI is InChI=1S/C16H14ClFN2O4/c1-23-13-7-9(6-12(17)15(13)24-8-14(19)21)16(22)20-11-4-2-10(18)3-5-11/h2-7H,8H2,1H3,(H2,19,21)(H,20,22). The van der Waals surface area contributed by atoms with Crippen LogP contribution in [0.1, 0.15) is 10.4 Å². The van der Waals surface area contributed by atoms with Crippen molar-refractivity contribution in [1.29, 1.82) is 0 Å². The third-order valence-corrected chi connectivity index (χ3v) is 3.23.